The van der Waals surface area contributed by atoms with Crippen molar-refractivity contribution in [2.45, 2.75) is 113 Å². The summed E-state index contributed by atoms with van der Waals surface area (Å²) in [7, 11) is -2.49. The first-order chi connectivity index (χ1) is 11.7. The first-order valence-electron chi connectivity index (χ1n) is 10.6. The van der Waals surface area contributed by atoms with Gasteiger partial charge >= 0.3 is 0 Å². The van der Waals surface area contributed by atoms with Gasteiger partial charge in [0.2, 0.25) is 0 Å². The maximum absolute atomic E-state index is 10.1. The molecule has 0 saturated heterocycles. The van der Waals surface area contributed by atoms with Gasteiger partial charge in [0.25, 0.3) is 0 Å². The molecule has 0 spiro atoms. The lowest BCUT2D eigenvalue weighted by Gasteiger charge is -2.55. The lowest BCUT2D eigenvalue weighted by Crippen LogP contribution is -2.59. The van der Waals surface area contributed by atoms with Crippen LogP contribution in [0.4, 0.5) is 0 Å². The van der Waals surface area contributed by atoms with Crippen LogP contribution in [0.25, 0.3) is 0 Å². The molecule has 158 valence electrons. The summed E-state index contributed by atoms with van der Waals surface area (Å²) in [5, 5.41) is 10.1. The van der Waals surface area contributed by atoms with Gasteiger partial charge in [-0.15, -0.1) is 0 Å². The number of rotatable bonds is 11. The van der Waals surface area contributed by atoms with Crippen molar-refractivity contribution < 1.29 is 14.0 Å². The van der Waals surface area contributed by atoms with Gasteiger partial charge in [-0.3, -0.25) is 0 Å². The van der Waals surface area contributed by atoms with Crippen LogP contribution in [0.5, 0.6) is 0 Å². The molecule has 0 bridgehead atoms. The zero-order valence-electron chi connectivity index (χ0n) is 19.6. The van der Waals surface area contributed by atoms with E-state index in [0.29, 0.717) is 0 Å². The van der Waals surface area contributed by atoms with Gasteiger partial charge in [-0.25, -0.2) is 0 Å². The molecule has 5 heteroatoms. The number of aliphatic hydroxyl groups is 1. The Morgan fingerprint density at radius 3 is 1.38 bits per heavy atom. The van der Waals surface area contributed by atoms with Crippen LogP contribution in [0.1, 0.15) is 74.1 Å². The highest BCUT2D eigenvalue weighted by Gasteiger charge is 2.53. The molecule has 0 aromatic rings. The summed E-state index contributed by atoms with van der Waals surface area (Å²) in [6, 6.07) is 0. The Morgan fingerprint density at radius 1 is 0.769 bits per heavy atom. The molecule has 2 unspecified atom stereocenters. The maximum Gasteiger partial charge on any atom is 0.171 e. The van der Waals surface area contributed by atoms with Crippen molar-refractivity contribution in [3.63, 3.8) is 0 Å². The molecule has 0 aromatic carbocycles. The minimum Gasteiger partial charge on any atom is -0.416 e. The normalized spacial score (nSPS) is 18.2. The average molecular weight is 405 g/mol. The zero-order valence-corrected chi connectivity index (χ0v) is 21.9. The molecular formula is C21H48O3Si2. The molecule has 0 heterocycles. The molecular weight excluding hydrogens is 356 g/mol. The summed E-state index contributed by atoms with van der Waals surface area (Å²) in [5.41, 5.74) is -0.146. The monoisotopic (exact) mass is 404 g/mol. The minimum atomic E-state index is -1.24. The fourth-order valence-electron chi connectivity index (χ4n) is 4.45. The first kappa shape index (κ1) is 26.3. The molecule has 0 aliphatic carbocycles. The van der Waals surface area contributed by atoms with Crippen LogP contribution in [0.15, 0.2) is 0 Å². The van der Waals surface area contributed by atoms with E-state index in [9.17, 15) is 5.11 Å². The van der Waals surface area contributed by atoms with Crippen molar-refractivity contribution in [1.82, 2.24) is 0 Å². The van der Waals surface area contributed by atoms with Gasteiger partial charge in [-0.05, 0) is 49.9 Å². The predicted molar refractivity (Wildman–Crippen MR) is 120 cm³/mol. The van der Waals surface area contributed by atoms with Gasteiger partial charge in [0, 0.05) is 12.0 Å². The number of hydrogen-bond acceptors (Lipinski definition) is 3. The molecule has 0 aliphatic rings. The second-order valence-electron chi connectivity index (χ2n) is 10.7. The molecule has 26 heavy (non-hydrogen) atoms. The Bertz CT molecular complexity index is 356. The Morgan fingerprint density at radius 2 is 1.15 bits per heavy atom. The molecule has 2 atom stereocenters. The topological polar surface area (TPSA) is 38.7 Å². The van der Waals surface area contributed by atoms with Crippen molar-refractivity contribution in [2.24, 2.45) is 16.2 Å². The summed E-state index contributed by atoms with van der Waals surface area (Å²) in [4.78, 5) is 0. The van der Waals surface area contributed by atoms with Crippen molar-refractivity contribution in [3.05, 3.63) is 0 Å². The number of hydrogen-bond donors (Lipinski definition) is 1. The second-order valence-corrected chi connectivity index (χ2v) is 15.4. The lowest BCUT2D eigenvalue weighted by atomic mass is 9.59. The molecule has 3 nitrogen and oxygen atoms in total. The van der Waals surface area contributed by atoms with E-state index in [-0.39, 0.29) is 35.1 Å². The van der Waals surface area contributed by atoms with E-state index in [1.165, 1.54) is 0 Å². The van der Waals surface area contributed by atoms with E-state index in [0.717, 1.165) is 25.7 Å². The quantitative estimate of drug-likeness (QED) is 0.470. The first-order valence-corrected chi connectivity index (χ1v) is 16.2. The SMILES string of the molecule is CCCCC(CCO)(C(O[SiH](C)C)C(C)(C)C)C(O[SiH](C)C)C(C)(C)C. The van der Waals surface area contributed by atoms with Crippen LogP contribution in [-0.2, 0) is 8.85 Å². The number of unbranched alkanes of at least 4 members (excludes halogenated alkanes) is 1. The maximum atomic E-state index is 10.1. The van der Waals surface area contributed by atoms with E-state index in [2.05, 4.69) is 74.7 Å². The van der Waals surface area contributed by atoms with Crippen molar-refractivity contribution in [2.75, 3.05) is 6.61 Å². The van der Waals surface area contributed by atoms with Crippen LogP contribution in [0.3, 0.4) is 0 Å². The average Bonchev–Trinajstić information content (AvgIpc) is 2.44. The van der Waals surface area contributed by atoms with E-state index >= 15 is 0 Å². The molecule has 0 fully saturated rings. The molecule has 1 N–H and O–H groups in total. The smallest absolute Gasteiger partial charge is 0.171 e. The zero-order chi connectivity index (χ0) is 20.8. The Hall–Kier alpha value is 0.314. The molecule has 0 aliphatic heterocycles. The van der Waals surface area contributed by atoms with Gasteiger partial charge in [0.1, 0.15) is 0 Å². The Kier molecular flexibility index (Phi) is 10.9. The van der Waals surface area contributed by atoms with Crippen LogP contribution in [0, 0.1) is 16.2 Å². The van der Waals surface area contributed by atoms with Crippen molar-refractivity contribution in [1.29, 1.82) is 0 Å². The Labute approximate surface area is 167 Å². The molecule has 0 amide bonds. The minimum absolute atomic E-state index is 0.00553. The summed E-state index contributed by atoms with van der Waals surface area (Å²) < 4.78 is 13.5. The summed E-state index contributed by atoms with van der Waals surface area (Å²) in [6.45, 7) is 25.2. The highest BCUT2D eigenvalue weighted by atomic mass is 28.3. The van der Waals surface area contributed by atoms with E-state index in [1.54, 1.807) is 0 Å². The van der Waals surface area contributed by atoms with Gasteiger partial charge in [-0.1, -0.05) is 61.3 Å². The fraction of sp³-hybridized carbons (Fsp3) is 1.00. The highest BCUT2D eigenvalue weighted by Crippen LogP contribution is 2.51. The van der Waals surface area contributed by atoms with Crippen LogP contribution in [0.2, 0.25) is 26.2 Å². The fourth-order valence-corrected chi connectivity index (χ4v) is 6.90. The Balaban J connectivity index is 6.49. The summed E-state index contributed by atoms with van der Waals surface area (Å²) in [6.07, 6.45) is 4.29. The van der Waals surface area contributed by atoms with Crippen molar-refractivity contribution in [3.8, 4) is 0 Å². The predicted octanol–water partition coefficient (Wildman–Crippen LogP) is 5.37. The van der Waals surface area contributed by atoms with Crippen molar-refractivity contribution >= 4 is 18.1 Å². The molecule has 0 rings (SSSR count). The van der Waals surface area contributed by atoms with E-state index in [1.807, 2.05) is 0 Å². The summed E-state index contributed by atoms with van der Waals surface area (Å²) >= 11 is 0. The lowest BCUT2D eigenvalue weighted by molar-refractivity contribution is -0.142. The third-order valence-corrected chi connectivity index (χ3v) is 6.64. The molecule has 0 radical (unpaired) electrons. The van der Waals surface area contributed by atoms with Gasteiger partial charge in [0.05, 0.1) is 12.2 Å². The molecule has 0 saturated carbocycles. The van der Waals surface area contributed by atoms with Gasteiger partial charge in [-0.2, -0.15) is 0 Å². The molecule has 0 aromatic heterocycles. The van der Waals surface area contributed by atoms with Gasteiger partial charge < -0.3 is 14.0 Å². The van der Waals surface area contributed by atoms with Crippen LogP contribution >= 0.6 is 0 Å². The standard InChI is InChI=1S/C21H48O3Si2/c1-12-13-14-21(15-16-22,17(19(2,3)4)23-25(8)9)18(20(5,6)7)24-26(10)11/h17-18,22,25-26H,12-16H2,1-11H3. The van der Waals surface area contributed by atoms with E-state index in [4.69, 9.17) is 8.85 Å². The second kappa shape index (κ2) is 10.7. The third kappa shape index (κ3) is 7.74. The highest BCUT2D eigenvalue weighted by molar-refractivity contribution is 6.48. The number of aliphatic hydroxyl groups excluding tert-OH is 1. The summed E-state index contributed by atoms with van der Waals surface area (Å²) in [5.74, 6) is 0. The van der Waals surface area contributed by atoms with Crippen LogP contribution < -0.4 is 0 Å². The largest absolute Gasteiger partial charge is 0.416 e. The van der Waals surface area contributed by atoms with Crippen LogP contribution in [-0.4, -0.2) is 42.0 Å². The third-order valence-electron chi connectivity index (χ3n) is 5.01. The van der Waals surface area contributed by atoms with Gasteiger partial charge in [0.15, 0.2) is 18.1 Å². The van der Waals surface area contributed by atoms with E-state index < -0.39 is 18.1 Å².